The van der Waals surface area contributed by atoms with Crippen LogP contribution in [0.15, 0.2) is 45.7 Å². The van der Waals surface area contributed by atoms with E-state index >= 15 is 0 Å². The van der Waals surface area contributed by atoms with Crippen LogP contribution in [-0.2, 0) is 0 Å². The first-order chi connectivity index (χ1) is 8.22. The van der Waals surface area contributed by atoms with E-state index in [1.807, 2.05) is 6.07 Å². The molecular formula is C14H16BrNO. The summed E-state index contributed by atoms with van der Waals surface area (Å²) in [6.45, 7) is 5.16. The van der Waals surface area contributed by atoms with Crippen molar-refractivity contribution < 1.29 is 4.42 Å². The van der Waals surface area contributed by atoms with Crippen LogP contribution in [0.3, 0.4) is 0 Å². The highest BCUT2D eigenvalue weighted by Gasteiger charge is 2.16. The second-order valence-electron chi connectivity index (χ2n) is 4.05. The van der Waals surface area contributed by atoms with Crippen LogP contribution in [-0.4, -0.2) is 6.54 Å². The fraction of sp³-hybridized carbons (Fsp3) is 0.286. The Morgan fingerprint density at radius 2 is 2.18 bits per heavy atom. The molecule has 1 atom stereocenters. The summed E-state index contributed by atoms with van der Waals surface area (Å²) in [6, 6.07) is 8.58. The predicted octanol–water partition coefficient (Wildman–Crippen LogP) is 4.05. The van der Waals surface area contributed by atoms with Gasteiger partial charge in [0.05, 0.1) is 18.6 Å². The quantitative estimate of drug-likeness (QED) is 0.920. The molecule has 0 bridgehead atoms. The molecule has 0 amide bonds. The van der Waals surface area contributed by atoms with Gasteiger partial charge in [-0.2, -0.15) is 0 Å². The van der Waals surface area contributed by atoms with Crippen LogP contribution < -0.4 is 5.32 Å². The molecule has 1 aromatic carbocycles. The maximum absolute atomic E-state index is 5.18. The highest BCUT2D eigenvalue weighted by atomic mass is 79.9. The molecule has 0 radical (unpaired) electrons. The molecule has 0 saturated heterocycles. The zero-order valence-corrected chi connectivity index (χ0v) is 11.6. The Balaban J connectivity index is 2.39. The molecule has 0 saturated carbocycles. The zero-order valence-electron chi connectivity index (χ0n) is 10.0. The van der Waals surface area contributed by atoms with Crippen molar-refractivity contribution in [2.75, 3.05) is 6.54 Å². The van der Waals surface area contributed by atoms with Gasteiger partial charge in [-0.1, -0.05) is 28.9 Å². The zero-order chi connectivity index (χ0) is 12.3. The van der Waals surface area contributed by atoms with E-state index in [0.717, 1.165) is 16.6 Å². The largest absolute Gasteiger partial charge is 0.472 e. The van der Waals surface area contributed by atoms with E-state index in [1.165, 1.54) is 11.1 Å². The van der Waals surface area contributed by atoms with Crippen LogP contribution in [0.5, 0.6) is 0 Å². The van der Waals surface area contributed by atoms with Crippen LogP contribution in [0.1, 0.15) is 29.7 Å². The van der Waals surface area contributed by atoms with E-state index in [2.05, 4.69) is 53.3 Å². The van der Waals surface area contributed by atoms with E-state index in [0.29, 0.717) is 0 Å². The van der Waals surface area contributed by atoms with Gasteiger partial charge >= 0.3 is 0 Å². The molecule has 90 valence electrons. The van der Waals surface area contributed by atoms with Gasteiger partial charge in [0.15, 0.2) is 0 Å². The van der Waals surface area contributed by atoms with Gasteiger partial charge in [0.25, 0.3) is 0 Å². The Hall–Kier alpha value is -1.06. The van der Waals surface area contributed by atoms with Crippen LogP contribution >= 0.6 is 15.9 Å². The molecule has 1 unspecified atom stereocenters. The van der Waals surface area contributed by atoms with Crippen molar-refractivity contribution in [3.63, 3.8) is 0 Å². The lowest BCUT2D eigenvalue weighted by Gasteiger charge is -2.19. The molecule has 0 spiro atoms. The second-order valence-corrected chi connectivity index (χ2v) is 4.96. The number of benzene rings is 1. The monoisotopic (exact) mass is 293 g/mol. The van der Waals surface area contributed by atoms with E-state index < -0.39 is 0 Å². The van der Waals surface area contributed by atoms with Crippen molar-refractivity contribution in [3.8, 4) is 0 Å². The van der Waals surface area contributed by atoms with Gasteiger partial charge in [0.2, 0.25) is 0 Å². The summed E-state index contributed by atoms with van der Waals surface area (Å²) in [4.78, 5) is 0. The van der Waals surface area contributed by atoms with Gasteiger partial charge in [-0.15, -0.1) is 0 Å². The van der Waals surface area contributed by atoms with Crippen molar-refractivity contribution >= 4 is 15.9 Å². The first-order valence-corrected chi connectivity index (χ1v) is 6.53. The lowest BCUT2D eigenvalue weighted by molar-refractivity contribution is 0.552. The molecular weight excluding hydrogens is 278 g/mol. The Labute approximate surface area is 110 Å². The molecule has 3 heteroatoms. The standard InChI is InChI=1S/C14H16BrNO/c1-3-16-14(11-6-7-17-9-11)13-5-4-12(15)8-10(13)2/h4-9,14,16H,3H2,1-2H3. The van der Waals surface area contributed by atoms with Crippen LogP contribution in [0.4, 0.5) is 0 Å². The summed E-state index contributed by atoms with van der Waals surface area (Å²) in [5.41, 5.74) is 3.72. The molecule has 2 rings (SSSR count). The SMILES string of the molecule is CCNC(c1ccoc1)c1ccc(Br)cc1C. The molecule has 0 aliphatic heterocycles. The summed E-state index contributed by atoms with van der Waals surface area (Å²) in [5.74, 6) is 0. The van der Waals surface area contributed by atoms with Crippen LogP contribution in [0.25, 0.3) is 0 Å². The van der Waals surface area contributed by atoms with Crippen LogP contribution in [0.2, 0.25) is 0 Å². The average molecular weight is 294 g/mol. The lowest BCUT2D eigenvalue weighted by atomic mass is 9.97. The topological polar surface area (TPSA) is 25.2 Å². The molecule has 2 nitrogen and oxygen atoms in total. The molecule has 2 aromatic rings. The minimum atomic E-state index is 0.201. The molecule has 0 aliphatic rings. The molecule has 1 aromatic heterocycles. The van der Waals surface area contributed by atoms with Gasteiger partial charge in [-0.25, -0.2) is 0 Å². The Morgan fingerprint density at radius 1 is 1.35 bits per heavy atom. The van der Waals surface area contributed by atoms with Crippen molar-refractivity contribution in [2.45, 2.75) is 19.9 Å². The van der Waals surface area contributed by atoms with Gasteiger partial charge in [0, 0.05) is 10.0 Å². The minimum Gasteiger partial charge on any atom is -0.472 e. The van der Waals surface area contributed by atoms with Crippen molar-refractivity contribution in [1.29, 1.82) is 0 Å². The maximum Gasteiger partial charge on any atom is 0.0953 e. The summed E-state index contributed by atoms with van der Waals surface area (Å²) in [5, 5.41) is 3.49. The number of furan rings is 1. The lowest BCUT2D eigenvalue weighted by Crippen LogP contribution is -2.22. The number of hydrogen-bond donors (Lipinski definition) is 1. The third-order valence-electron chi connectivity index (χ3n) is 2.83. The summed E-state index contributed by atoms with van der Waals surface area (Å²) in [6.07, 6.45) is 3.52. The highest BCUT2D eigenvalue weighted by molar-refractivity contribution is 9.10. The summed E-state index contributed by atoms with van der Waals surface area (Å²) < 4.78 is 6.29. The molecule has 0 fully saturated rings. The predicted molar refractivity (Wildman–Crippen MR) is 73.1 cm³/mol. The molecule has 17 heavy (non-hydrogen) atoms. The fourth-order valence-electron chi connectivity index (χ4n) is 2.01. The van der Waals surface area contributed by atoms with Crippen molar-refractivity contribution in [1.82, 2.24) is 5.32 Å². The second kappa shape index (κ2) is 5.52. The number of rotatable bonds is 4. The minimum absolute atomic E-state index is 0.201. The van der Waals surface area contributed by atoms with E-state index in [4.69, 9.17) is 4.42 Å². The number of hydrogen-bond acceptors (Lipinski definition) is 2. The first-order valence-electron chi connectivity index (χ1n) is 5.74. The maximum atomic E-state index is 5.18. The van der Waals surface area contributed by atoms with E-state index in [-0.39, 0.29) is 6.04 Å². The van der Waals surface area contributed by atoms with Gasteiger partial charge in [-0.05, 0) is 42.8 Å². The van der Waals surface area contributed by atoms with Gasteiger partial charge < -0.3 is 9.73 Å². The van der Waals surface area contributed by atoms with Crippen molar-refractivity contribution in [2.24, 2.45) is 0 Å². The third-order valence-corrected chi connectivity index (χ3v) is 3.32. The Kier molecular flexibility index (Phi) is 4.02. The van der Waals surface area contributed by atoms with Crippen LogP contribution in [0, 0.1) is 6.92 Å². The highest BCUT2D eigenvalue weighted by Crippen LogP contribution is 2.27. The fourth-order valence-corrected chi connectivity index (χ4v) is 2.49. The number of aryl methyl sites for hydroxylation is 1. The number of nitrogens with one attached hydrogen (secondary N) is 1. The third kappa shape index (κ3) is 2.79. The van der Waals surface area contributed by atoms with Gasteiger partial charge in [-0.3, -0.25) is 0 Å². The summed E-state index contributed by atoms with van der Waals surface area (Å²) in [7, 11) is 0. The molecule has 1 N–H and O–H groups in total. The summed E-state index contributed by atoms with van der Waals surface area (Å²) >= 11 is 3.49. The Bertz CT molecular complexity index is 479. The smallest absolute Gasteiger partial charge is 0.0953 e. The van der Waals surface area contributed by atoms with E-state index in [9.17, 15) is 0 Å². The normalized spacial score (nSPS) is 12.6. The van der Waals surface area contributed by atoms with Gasteiger partial charge in [0.1, 0.15) is 0 Å². The first kappa shape index (κ1) is 12.4. The average Bonchev–Trinajstić information content (AvgIpc) is 2.80. The van der Waals surface area contributed by atoms with E-state index in [1.54, 1.807) is 12.5 Å². The Morgan fingerprint density at radius 3 is 2.76 bits per heavy atom. The molecule has 1 heterocycles. The van der Waals surface area contributed by atoms with Crippen molar-refractivity contribution in [3.05, 3.63) is 58.0 Å². The molecule has 0 aliphatic carbocycles. The number of halogens is 1.